The van der Waals surface area contributed by atoms with Gasteiger partial charge in [0.25, 0.3) is 0 Å². The van der Waals surface area contributed by atoms with E-state index >= 15 is 0 Å². The van der Waals surface area contributed by atoms with Gasteiger partial charge in [-0.2, -0.15) is 0 Å². The summed E-state index contributed by atoms with van der Waals surface area (Å²) in [7, 11) is 0. The zero-order valence-corrected chi connectivity index (χ0v) is 13.0. The Balaban J connectivity index is 2.27. The zero-order valence-electron chi connectivity index (χ0n) is 12.2. The predicted molar refractivity (Wildman–Crippen MR) is 79.4 cm³/mol. The Morgan fingerprint density at radius 1 is 1.50 bits per heavy atom. The fourth-order valence-electron chi connectivity index (χ4n) is 3.00. The first-order valence-corrected chi connectivity index (χ1v) is 7.26. The third-order valence-corrected chi connectivity index (χ3v) is 3.75. The van der Waals surface area contributed by atoms with E-state index in [1.165, 1.54) is 12.1 Å². The van der Waals surface area contributed by atoms with Crippen LogP contribution >= 0.6 is 11.6 Å². The number of nitrogens with two attached hydrogens (primary N) is 1. The van der Waals surface area contributed by atoms with Crippen LogP contribution in [0.25, 0.3) is 0 Å². The molecule has 0 bridgehead atoms. The van der Waals surface area contributed by atoms with E-state index in [0.717, 1.165) is 18.7 Å². The summed E-state index contributed by atoms with van der Waals surface area (Å²) in [6.07, 6.45) is 0.122. The van der Waals surface area contributed by atoms with Gasteiger partial charge in [-0.15, -0.1) is 0 Å². The van der Waals surface area contributed by atoms with Crippen LogP contribution in [0.5, 0.6) is 0 Å². The van der Waals surface area contributed by atoms with E-state index in [9.17, 15) is 4.39 Å². The standard InChI is InChI=1S/C15H22ClFN2O/c1-10-8-19(9-15(2,3)20-10)14(7-18)11-4-12(16)6-13(17)5-11/h4-6,10,14H,7-9,18H2,1-3H3. The molecule has 2 unspecified atom stereocenters. The lowest BCUT2D eigenvalue weighted by atomic mass is 9.99. The summed E-state index contributed by atoms with van der Waals surface area (Å²) in [6.45, 7) is 8.11. The molecule has 1 aliphatic heterocycles. The highest BCUT2D eigenvalue weighted by molar-refractivity contribution is 6.30. The molecule has 0 amide bonds. The Morgan fingerprint density at radius 2 is 2.20 bits per heavy atom. The van der Waals surface area contributed by atoms with Crippen LogP contribution in [-0.2, 0) is 4.74 Å². The molecule has 5 heteroatoms. The van der Waals surface area contributed by atoms with E-state index in [-0.39, 0.29) is 23.6 Å². The van der Waals surface area contributed by atoms with E-state index in [1.54, 1.807) is 6.07 Å². The summed E-state index contributed by atoms with van der Waals surface area (Å²) in [4.78, 5) is 2.25. The van der Waals surface area contributed by atoms with Crippen molar-refractivity contribution < 1.29 is 9.13 Å². The molecule has 0 aromatic heterocycles. The topological polar surface area (TPSA) is 38.5 Å². The maximum absolute atomic E-state index is 13.6. The number of morpholine rings is 1. The van der Waals surface area contributed by atoms with Gasteiger partial charge in [-0.3, -0.25) is 4.90 Å². The molecular formula is C15H22ClFN2O. The van der Waals surface area contributed by atoms with Gasteiger partial charge in [0.15, 0.2) is 0 Å². The number of ether oxygens (including phenoxy) is 1. The van der Waals surface area contributed by atoms with Crippen molar-refractivity contribution in [2.24, 2.45) is 5.73 Å². The smallest absolute Gasteiger partial charge is 0.125 e. The van der Waals surface area contributed by atoms with Crippen LogP contribution in [-0.4, -0.2) is 36.2 Å². The molecule has 3 nitrogen and oxygen atoms in total. The molecule has 0 spiro atoms. The first-order chi connectivity index (χ1) is 9.30. The van der Waals surface area contributed by atoms with Crippen molar-refractivity contribution in [2.45, 2.75) is 38.5 Å². The first kappa shape index (κ1) is 15.7. The van der Waals surface area contributed by atoms with Gasteiger partial charge in [-0.1, -0.05) is 11.6 Å². The second-order valence-electron chi connectivity index (χ2n) is 6.07. The molecule has 1 heterocycles. The van der Waals surface area contributed by atoms with E-state index in [4.69, 9.17) is 22.1 Å². The normalized spacial score (nSPS) is 24.6. The second kappa shape index (κ2) is 5.98. The van der Waals surface area contributed by atoms with Gasteiger partial charge < -0.3 is 10.5 Å². The molecule has 1 aliphatic rings. The van der Waals surface area contributed by atoms with Crippen LogP contribution in [0.1, 0.15) is 32.4 Å². The van der Waals surface area contributed by atoms with E-state index < -0.39 is 0 Å². The molecule has 112 valence electrons. The van der Waals surface area contributed by atoms with Crippen LogP contribution in [0.3, 0.4) is 0 Å². The Morgan fingerprint density at radius 3 is 2.75 bits per heavy atom. The van der Waals surface area contributed by atoms with Gasteiger partial charge in [0.1, 0.15) is 5.82 Å². The highest BCUT2D eigenvalue weighted by Crippen LogP contribution is 2.30. The summed E-state index contributed by atoms with van der Waals surface area (Å²) in [5.74, 6) is -0.327. The van der Waals surface area contributed by atoms with E-state index in [1.807, 2.05) is 6.92 Å². The van der Waals surface area contributed by atoms with Gasteiger partial charge in [-0.25, -0.2) is 4.39 Å². The molecule has 0 saturated carbocycles. The molecule has 2 rings (SSSR count). The van der Waals surface area contributed by atoms with Crippen LogP contribution < -0.4 is 5.73 Å². The fraction of sp³-hybridized carbons (Fsp3) is 0.600. The Labute approximate surface area is 124 Å². The number of hydrogen-bond donors (Lipinski definition) is 1. The summed E-state index contributed by atoms with van der Waals surface area (Å²) >= 11 is 5.95. The van der Waals surface area contributed by atoms with Gasteiger partial charge in [0, 0.05) is 30.7 Å². The monoisotopic (exact) mass is 300 g/mol. The van der Waals surface area contributed by atoms with Gasteiger partial charge in [0.2, 0.25) is 0 Å². The van der Waals surface area contributed by atoms with Crippen molar-refractivity contribution in [3.8, 4) is 0 Å². The maximum atomic E-state index is 13.6. The van der Waals surface area contributed by atoms with Crippen LogP contribution in [0.2, 0.25) is 5.02 Å². The van der Waals surface area contributed by atoms with Gasteiger partial charge in [-0.05, 0) is 44.5 Å². The van der Waals surface area contributed by atoms with Crippen molar-refractivity contribution in [2.75, 3.05) is 19.6 Å². The molecule has 0 aliphatic carbocycles. The molecule has 1 aromatic rings. The van der Waals surface area contributed by atoms with Gasteiger partial charge >= 0.3 is 0 Å². The highest BCUT2D eigenvalue weighted by Gasteiger charge is 2.34. The SMILES string of the molecule is CC1CN(C(CN)c2cc(F)cc(Cl)c2)CC(C)(C)O1. The van der Waals surface area contributed by atoms with Crippen molar-refractivity contribution in [3.63, 3.8) is 0 Å². The van der Waals surface area contributed by atoms with Gasteiger partial charge in [0.05, 0.1) is 11.7 Å². The Bertz CT molecular complexity index is 461. The summed E-state index contributed by atoms with van der Waals surface area (Å²) < 4.78 is 19.5. The summed E-state index contributed by atoms with van der Waals surface area (Å²) in [6, 6.07) is 4.56. The Hall–Kier alpha value is -0.680. The third-order valence-electron chi connectivity index (χ3n) is 3.53. The predicted octanol–water partition coefficient (Wildman–Crippen LogP) is 2.98. The fourth-order valence-corrected chi connectivity index (χ4v) is 3.23. The number of hydrogen-bond acceptors (Lipinski definition) is 3. The quantitative estimate of drug-likeness (QED) is 0.932. The minimum absolute atomic E-state index is 0.0474. The van der Waals surface area contributed by atoms with Crippen molar-refractivity contribution in [1.29, 1.82) is 0 Å². The Kier molecular flexibility index (Phi) is 4.69. The first-order valence-electron chi connectivity index (χ1n) is 6.88. The summed E-state index contributed by atoms with van der Waals surface area (Å²) in [5, 5.41) is 0.402. The lowest BCUT2D eigenvalue weighted by molar-refractivity contribution is -0.137. The van der Waals surface area contributed by atoms with E-state index in [0.29, 0.717) is 11.6 Å². The molecular weight excluding hydrogens is 279 g/mol. The molecule has 1 aromatic carbocycles. The largest absolute Gasteiger partial charge is 0.370 e. The van der Waals surface area contributed by atoms with Crippen molar-refractivity contribution in [1.82, 2.24) is 4.90 Å². The average molecular weight is 301 g/mol. The highest BCUT2D eigenvalue weighted by atomic mass is 35.5. The number of rotatable bonds is 3. The van der Waals surface area contributed by atoms with Crippen LogP contribution in [0.4, 0.5) is 4.39 Å². The second-order valence-corrected chi connectivity index (χ2v) is 6.51. The minimum Gasteiger partial charge on any atom is -0.370 e. The molecule has 0 radical (unpaired) electrons. The molecule has 20 heavy (non-hydrogen) atoms. The minimum atomic E-state index is -0.327. The summed E-state index contributed by atoms with van der Waals surface area (Å²) in [5.41, 5.74) is 6.51. The maximum Gasteiger partial charge on any atom is 0.125 e. The molecule has 1 fully saturated rings. The average Bonchev–Trinajstić information content (AvgIpc) is 2.25. The zero-order chi connectivity index (χ0) is 14.9. The third kappa shape index (κ3) is 3.70. The van der Waals surface area contributed by atoms with Crippen LogP contribution in [0, 0.1) is 5.82 Å². The molecule has 2 N–H and O–H groups in total. The van der Waals surface area contributed by atoms with Crippen molar-refractivity contribution >= 4 is 11.6 Å². The molecule has 1 saturated heterocycles. The number of nitrogens with zero attached hydrogens (tertiary/aromatic N) is 1. The van der Waals surface area contributed by atoms with E-state index in [2.05, 4.69) is 18.7 Å². The number of benzene rings is 1. The molecule has 2 atom stereocenters. The lowest BCUT2D eigenvalue weighted by Crippen LogP contribution is -2.53. The number of halogens is 2. The van der Waals surface area contributed by atoms with Crippen molar-refractivity contribution in [3.05, 3.63) is 34.6 Å². The lowest BCUT2D eigenvalue weighted by Gasteiger charge is -2.45. The van der Waals surface area contributed by atoms with Crippen LogP contribution in [0.15, 0.2) is 18.2 Å².